The van der Waals surface area contributed by atoms with E-state index in [0.717, 1.165) is 12.1 Å². The Hall–Kier alpha value is -3.49. The molecule has 2 heterocycles. The molecule has 9 heteroatoms. The van der Waals surface area contributed by atoms with Crippen molar-refractivity contribution in [3.63, 3.8) is 0 Å². The second-order valence-electron chi connectivity index (χ2n) is 6.95. The SMILES string of the molecule is CC(C)Cc1cc(C(=O)Nc2ccc(NC(=O)C(C)n3cncn3)cc2)n[nH]1. The van der Waals surface area contributed by atoms with E-state index in [0.29, 0.717) is 23.0 Å². The minimum absolute atomic E-state index is 0.212. The van der Waals surface area contributed by atoms with Crippen LogP contribution in [-0.2, 0) is 11.2 Å². The summed E-state index contributed by atoms with van der Waals surface area (Å²) in [6, 6.07) is 8.15. The zero-order chi connectivity index (χ0) is 20.1. The quantitative estimate of drug-likeness (QED) is 0.581. The summed E-state index contributed by atoms with van der Waals surface area (Å²) < 4.78 is 1.47. The molecule has 3 aromatic rings. The Morgan fingerprint density at radius 1 is 1.11 bits per heavy atom. The Morgan fingerprint density at radius 2 is 1.79 bits per heavy atom. The lowest BCUT2D eigenvalue weighted by atomic mass is 10.1. The van der Waals surface area contributed by atoms with Gasteiger partial charge in [0.2, 0.25) is 5.91 Å². The van der Waals surface area contributed by atoms with Gasteiger partial charge >= 0.3 is 0 Å². The molecule has 0 saturated carbocycles. The third kappa shape index (κ3) is 4.81. The van der Waals surface area contributed by atoms with Crippen LogP contribution in [0.4, 0.5) is 11.4 Å². The fraction of sp³-hybridized carbons (Fsp3) is 0.316. The van der Waals surface area contributed by atoms with Crippen LogP contribution >= 0.6 is 0 Å². The van der Waals surface area contributed by atoms with Crippen LogP contribution < -0.4 is 10.6 Å². The maximum absolute atomic E-state index is 12.3. The molecular weight excluding hydrogens is 358 g/mol. The minimum Gasteiger partial charge on any atom is -0.324 e. The molecule has 0 spiro atoms. The third-order valence-corrected chi connectivity index (χ3v) is 4.11. The van der Waals surface area contributed by atoms with E-state index >= 15 is 0 Å². The summed E-state index contributed by atoms with van der Waals surface area (Å²) in [5, 5.41) is 16.5. The predicted molar refractivity (Wildman–Crippen MR) is 105 cm³/mol. The number of hydrogen-bond donors (Lipinski definition) is 3. The van der Waals surface area contributed by atoms with Crippen molar-refractivity contribution in [1.82, 2.24) is 25.0 Å². The summed E-state index contributed by atoms with van der Waals surface area (Å²) in [5.74, 6) is -0.0225. The molecule has 0 fully saturated rings. The number of amides is 2. The van der Waals surface area contributed by atoms with Crippen LogP contribution in [0.3, 0.4) is 0 Å². The number of anilines is 2. The van der Waals surface area contributed by atoms with Gasteiger partial charge in [0.05, 0.1) is 0 Å². The van der Waals surface area contributed by atoms with Crippen LogP contribution in [0.15, 0.2) is 43.0 Å². The van der Waals surface area contributed by atoms with Crippen LogP contribution in [0.5, 0.6) is 0 Å². The van der Waals surface area contributed by atoms with E-state index in [1.54, 1.807) is 37.3 Å². The lowest BCUT2D eigenvalue weighted by Gasteiger charge is -2.12. The summed E-state index contributed by atoms with van der Waals surface area (Å²) in [6.45, 7) is 5.94. The fourth-order valence-electron chi connectivity index (χ4n) is 2.64. The zero-order valence-electron chi connectivity index (χ0n) is 16.0. The van der Waals surface area contributed by atoms with Crippen molar-refractivity contribution in [2.45, 2.75) is 33.2 Å². The van der Waals surface area contributed by atoms with Crippen LogP contribution in [-0.4, -0.2) is 36.8 Å². The number of carbonyl (C=O) groups is 2. The topological polar surface area (TPSA) is 118 Å². The van der Waals surface area contributed by atoms with E-state index in [-0.39, 0.29) is 11.8 Å². The smallest absolute Gasteiger partial charge is 0.276 e. The van der Waals surface area contributed by atoms with Crippen LogP contribution in [0.25, 0.3) is 0 Å². The van der Waals surface area contributed by atoms with Crippen LogP contribution in [0.2, 0.25) is 0 Å². The molecule has 1 unspecified atom stereocenters. The number of hydrogen-bond acceptors (Lipinski definition) is 5. The normalized spacial score (nSPS) is 12.0. The largest absolute Gasteiger partial charge is 0.324 e. The first-order valence-corrected chi connectivity index (χ1v) is 9.03. The number of rotatable bonds is 7. The number of aromatic amines is 1. The summed E-state index contributed by atoms with van der Waals surface area (Å²) >= 11 is 0. The molecule has 28 heavy (non-hydrogen) atoms. The highest BCUT2D eigenvalue weighted by Gasteiger charge is 2.16. The Balaban J connectivity index is 1.57. The van der Waals surface area contributed by atoms with Gasteiger partial charge in [-0.2, -0.15) is 10.2 Å². The number of benzene rings is 1. The molecule has 1 atom stereocenters. The van der Waals surface area contributed by atoms with Crippen molar-refractivity contribution in [3.05, 3.63) is 54.4 Å². The molecule has 1 aromatic carbocycles. The van der Waals surface area contributed by atoms with E-state index in [4.69, 9.17) is 0 Å². The molecule has 3 N–H and O–H groups in total. The number of nitrogens with zero attached hydrogens (tertiary/aromatic N) is 4. The van der Waals surface area contributed by atoms with Gasteiger partial charge in [0.15, 0.2) is 5.69 Å². The maximum Gasteiger partial charge on any atom is 0.276 e. The summed E-state index contributed by atoms with van der Waals surface area (Å²) in [4.78, 5) is 28.4. The molecule has 3 rings (SSSR count). The highest BCUT2D eigenvalue weighted by Crippen LogP contribution is 2.16. The molecule has 146 valence electrons. The predicted octanol–water partition coefficient (Wildman–Crippen LogP) is 2.65. The van der Waals surface area contributed by atoms with Gasteiger partial charge in [-0.15, -0.1) is 0 Å². The molecule has 0 bridgehead atoms. The van der Waals surface area contributed by atoms with Crippen LogP contribution in [0, 0.1) is 5.92 Å². The van der Waals surface area contributed by atoms with Gasteiger partial charge in [-0.1, -0.05) is 13.8 Å². The standard InChI is InChI=1S/C19H23N7O2/c1-12(2)8-16-9-17(25-24-16)19(28)23-15-6-4-14(5-7-15)22-18(27)13(3)26-11-20-10-21-26/h4-7,9-13H,8H2,1-3H3,(H,22,27)(H,23,28)(H,24,25). The Morgan fingerprint density at radius 3 is 2.39 bits per heavy atom. The van der Waals surface area contributed by atoms with E-state index in [2.05, 4.69) is 44.8 Å². The highest BCUT2D eigenvalue weighted by molar-refractivity contribution is 6.03. The van der Waals surface area contributed by atoms with E-state index in [1.807, 2.05) is 0 Å². The first kappa shape index (κ1) is 19.3. The first-order valence-electron chi connectivity index (χ1n) is 9.03. The van der Waals surface area contributed by atoms with Gasteiger partial charge in [-0.25, -0.2) is 9.67 Å². The van der Waals surface area contributed by atoms with Gasteiger partial charge in [0.1, 0.15) is 18.7 Å². The molecular formula is C19H23N7O2. The number of H-pyrrole nitrogens is 1. The fourth-order valence-corrected chi connectivity index (χ4v) is 2.64. The number of nitrogens with one attached hydrogen (secondary N) is 3. The molecule has 0 aliphatic heterocycles. The van der Waals surface area contributed by atoms with Crippen molar-refractivity contribution < 1.29 is 9.59 Å². The molecule has 2 amide bonds. The van der Waals surface area contributed by atoms with Gasteiger partial charge in [0, 0.05) is 17.1 Å². The second-order valence-corrected chi connectivity index (χ2v) is 6.95. The second kappa shape index (κ2) is 8.47. The maximum atomic E-state index is 12.3. The van der Waals surface area contributed by atoms with Crippen molar-refractivity contribution in [1.29, 1.82) is 0 Å². The Kier molecular flexibility index (Phi) is 5.83. The average Bonchev–Trinajstić information content (AvgIpc) is 3.34. The lowest BCUT2D eigenvalue weighted by Crippen LogP contribution is -2.24. The lowest BCUT2D eigenvalue weighted by molar-refractivity contribution is -0.119. The molecule has 2 aromatic heterocycles. The van der Waals surface area contributed by atoms with Crippen molar-refractivity contribution in [2.75, 3.05) is 10.6 Å². The molecule has 0 aliphatic carbocycles. The Bertz CT molecular complexity index is 930. The molecule has 0 saturated heterocycles. The molecule has 0 radical (unpaired) electrons. The van der Waals surface area contributed by atoms with Crippen molar-refractivity contribution >= 4 is 23.2 Å². The van der Waals surface area contributed by atoms with Crippen molar-refractivity contribution in [2.24, 2.45) is 5.92 Å². The van der Waals surface area contributed by atoms with Gasteiger partial charge < -0.3 is 10.6 Å². The third-order valence-electron chi connectivity index (χ3n) is 4.11. The first-order chi connectivity index (χ1) is 13.4. The van der Waals surface area contributed by atoms with Crippen LogP contribution in [0.1, 0.15) is 43.0 Å². The number of carbonyl (C=O) groups excluding carboxylic acids is 2. The van der Waals surface area contributed by atoms with E-state index in [1.165, 1.54) is 17.3 Å². The van der Waals surface area contributed by atoms with Gasteiger partial charge in [0.25, 0.3) is 5.91 Å². The molecule has 9 nitrogen and oxygen atoms in total. The monoisotopic (exact) mass is 381 g/mol. The van der Waals surface area contributed by atoms with E-state index < -0.39 is 6.04 Å². The van der Waals surface area contributed by atoms with Gasteiger partial charge in [-0.3, -0.25) is 14.7 Å². The minimum atomic E-state index is -0.485. The Labute approximate surface area is 162 Å². The van der Waals surface area contributed by atoms with E-state index in [9.17, 15) is 9.59 Å². The summed E-state index contributed by atoms with van der Waals surface area (Å²) in [7, 11) is 0. The van der Waals surface area contributed by atoms with Gasteiger partial charge in [-0.05, 0) is 49.6 Å². The average molecular weight is 381 g/mol. The molecule has 0 aliphatic rings. The van der Waals surface area contributed by atoms with Crippen molar-refractivity contribution in [3.8, 4) is 0 Å². The summed E-state index contributed by atoms with van der Waals surface area (Å²) in [6.07, 6.45) is 3.71. The highest BCUT2D eigenvalue weighted by atomic mass is 16.2. The number of aromatic nitrogens is 5. The zero-order valence-corrected chi connectivity index (χ0v) is 16.0. The summed E-state index contributed by atoms with van der Waals surface area (Å²) in [5.41, 5.74) is 2.50.